The lowest BCUT2D eigenvalue weighted by Gasteiger charge is -2.37. The normalized spacial score (nSPS) is 22.9. The molecule has 0 N–H and O–H groups in total. The Morgan fingerprint density at radius 1 is 0.935 bits per heavy atom. The Morgan fingerprint density at radius 3 is 2.35 bits per heavy atom. The second-order valence-corrected chi connectivity index (χ2v) is 10.5. The van der Waals surface area contributed by atoms with E-state index in [-0.39, 0.29) is 12.0 Å². The number of benzene rings is 3. The van der Waals surface area contributed by atoms with Crippen molar-refractivity contribution in [1.82, 2.24) is 4.31 Å². The Balaban J connectivity index is 1.58. The number of hydrogen-bond donors (Lipinski definition) is 0. The van der Waals surface area contributed by atoms with E-state index in [0.29, 0.717) is 17.4 Å². The van der Waals surface area contributed by atoms with Crippen LogP contribution in [0.25, 0.3) is 11.1 Å². The van der Waals surface area contributed by atoms with Crippen molar-refractivity contribution < 1.29 is 13.2 Å². The maximum Gasteiger partial charge on any atom is 0.243 e. The number of nitrogens with zero attached hydrogens (tertiary/aromatic N) is 1. The fourth-order valence-corrected chi connectivity index (χ4v) is 7.33. The highest BCUT2D eigenvalue weighted by Gasteiger charge is 2.49. The van der Waals surface area contributed by atoms with Crippen LogP contribution in [0.2, 0.25) is 0 Å². The molecular weight excluding hydrogens is 406 g/mol. The van der Waals surface area contributed by atoms with Crippen LogP contribution >= 0.6 is 0 Å². The molecule has 0 spiro atoms. The Hall–Kier alpha value is -2.63. The third-order valence-electron chi connectivity index (χ3n) is 7.01. The van der Waals surface area contributed by atoms with Crippen LogP contribution in [0, 0.1) is 12.8 Å². The number of aryl methyl sites for hydroxylation is 1. The van der Waals surface area contributed by atoms with Crippen molar-refractivity contribution in [3.8, 4) is 16.9 Å². The Labute approximate surface area is 184 Å². The number of piperidine rings is 1. The number of fused-ring (bicyclic) bond motifs is 5. The molecule has 1 saturated heterocycles. The van der Waals surface area contributed by atoms with Crippen LogP contribution in [0.1, 0.15) is 42.0 Å². The van der Waals surface area contributed by atoms with E-state index in [0.717, 1.165) is 34.4 Å². The molecule has 160 valence electrons. The first-order chi connectivity index (χ1) is 14.9. The van der Waals surface area contributed by atoms with Crippen LogP contribution in [0.15, 0.2) is 71.6 Å². The SMILES string of the molecule is COc1ccc(-c2ccc3c(c2)C2[C@@H](C)C3CCN2S(=O)(=O)c2ccccc2C)cc1. The highest BCUT2D eigenvalue weighted by Crippen LogP contribution is 2.55. The number of hydrogen-bond acceptors (Lipinski definition) is 3. The standard InChI is InChI=1S/C26H27NO3S/c1-17-6-4-5-7-25(17)31(28,29)27-15-14-22-18(2)26(27)24-16-20(10-13-23(22)24)19-8-11-21(30-3)12-9-19/h4-13,16,18,22,26H,14-15H2,1-3H3/t18-,22?,26?/m0/s1. The summed E-state index contributed by atoms with van der Waals surface area (Å²) in [6.07, 6.45) is 0.859. The van der Waals surface area contributed by atoms with Crippen molar-refractivity contribution in [3.63, 3.8) is 0 Å². The van der Waals surface area contributed by atoms with Crippen molar-refractivity contribution in [1.29, 1.82) is 0 Å². The highest BCUT2D eigenvalue weighted by molar-refractivity contribution is 7.89. The summed E-state index contributed by atoms with van der Waals surface area (Å²) in [4.78, 5) is 0.417. The van der Waals surface area contributed by atoms with Gasteiger partial charge in [-0.25, -0.2) is 8.42 Å². The predicted molar refractivity (Wildman–Crippen MR) is 123 cm³/mol. The molecule has 1 aliphatic carbocycles. The summed E-state index contributed by atoms with van der Waals surface area (Å²) >= 11 is 0. The minimum absolute atomic E-state index is 0.128. The lowest BCUT2D eigenvalue weighted by molar-refractivity contribution is 0.190. The Kier molecular flexibility index (Phi) is 4.91. The molecule has 0 aromatic heterocycles. The van der Waals surface area contributed by atoms with E-state index in [1.54, 1.807) is 23.5 Å². The van der Waals surface area contributed by atoms with Crippen molar-refractivity contribution in [2.75, 3.05) is 13.7 Å². The topological polar surface area (TPSA) is 46.6 Å². The fourth-order valence-electron chi connectivity index (χ4n) is 5.40. The van der Waals surface area contributed by atoms with E-state index in [4.69, 9.17) is 4.74 Å². The zero-order valence-corrected chi connectivity index (χ0v) is 18.9. The van der Waals surface area contributed by atoms with Gasteiger partial charge in [-0.15, -0.1) is 0 Å². The average Bonchev–Trinajstić information content (AvgIpc) is 2.94. The number of rotatable bonds is 4. The highest BCUT2D eigenvalue weighted by atomic mass is 32.2. The summed E-state index contributed by atoms with van der Waals surface area (Å²) in [5, 5.41) is 0. The molecule has 31 heavy (non-hydrogen) atoms. The van der Waals surface area contributed by atoms with Gasteiger partial charge in [0.25, 0.3) is 0 Å². The van der Waals surface area contributed by atoms with Crippen molar-refractivity contribution in [2.24, 2.45) is 5.92 Å². The van der Waals surface area contributed by atoms with E-state index < -0.39 is 10.0 Å². The van der Waals surface area contributed by atoms with Crippen molar-refractivity contribution >= 4 is 10.0 Å². The van der Waals surface area contributed by atoms with E-state index in [9.17, 15) is 8.42 Å². The molecule has 0 radical (unpaired) electrons. The summed E-state index contributed by atoms with van der Waals surface area (Å²) in [6, 6.07) is 21.7. The monoisotopic (exact) mass is 433 g/mol. The number of sulfonamides is 1. The van der Waals surface area contributed by atoms with Gasteiger partial charge >= 0.3 is 0 Å². The van der Waals surface area contributed by atoms with Crippen LogP contribution in [-0.4, -0.2) is 26.4 Å². The van der Waals surface area contributed by atoms with Crippen LogP contribution in [0.3, 0.4) is 0 Å². The van der Waals surface area contributed by atoms with Crippen molar-refractivity contribution in [3.05, 3.63) is 83.4 Å². The molecular formula is C26H27NO3S. The minimum Gasteiger partial charge on any atom is -0.497 e. The van der Waals surface area contributed by atoms with E-state index >= 15 is 0 Å². The summed E-state index contributed by atoms with van der Waals surface area (Å²) in [5.74, 6) is 1.49. The Bertz CT molecular complexity index is 1230. The smallest absolute Gasteiger partial charge is 0.243 e. The molecule has 3 aromatic carbocycles. The molecule has 0 amide bonds. The molecule has 1 heterocycles. The van der Waals surface area contributed by atoms with E-state index in [2.05, 4.69) is 25.1 Å². The molecule has 5 heteroatoms. The molecule has 1 aliphatic heterocycles. The number of methoxy groups -OCH3 is 1. The third kappa shape index (κ3) is 3.19. The van der Waals surface area contributed by atoms with E-state index in [1.165, 1.54) is 5.56 Å². The van der Waals surface area contributed by atoms with Gasteiger partial charge in [-0.3, -0.25) is 0 Å². The van der Waals surface area contributed by atoms with E-state index in [1.807, 2.05) is 43.3 Å². The van der Waals surface area contributed by atoms with Crippen LogP contribution in [0.5, 0.6) is 5.75 Å². The maximum atomic E-state index is 13.7. The largest absolute Gasteiger partial charge is 0.497 e. The third-order valence-corrected chi connectivity index (χ3v) is 9.05. The molecule has 3 atom stereocenters. The fraction of sp³-hybridized carbons (Fsp3) is 0.308. The van der Waals surface area contributed by atoms with Gasteiger partial charge in [0.1, 0.15) is 5.75 Å². The van der Waals surface area contributed by atoms with Gasteiger partial charge in [-0.2, -0.15) is 4.31 Å². The van der Waals surface area contributed by atoms with Crippen LogP contribution < -0.4 is 4.74 Å². The quantitative estimate of drug-likeness (QED) is 0.543. The summed E-state index contributed by atoms with van der Waals surface area (Å²) in [6.45, 7) is 4.62. The van der Waals surface area contributed by atoms with Gasteiger partial charge in [-0.1, -0.05) is 49.4 Å². The van der Waals surface area contributed by atoms with Gasteiger partial charge < -0.3 is 4.74 Å². The second-order valence-electron chi connectivity index (χ2n) is 8.65. The lowest BCUT2D eigenvalue weighted by Crippen LogP contribution is -2.41. The molecule has 2 bridgehead atoms. The molecule has 2 unspecified atom stereocenters. The summed E-state index contributed by atoms with van der Waals surface area (Å²) in [7, 11) is -1.91. The maximum absolute atomic E-state index is 13.7. The van der Waals surface area contributed by atoms with Crippen molar-refractivity contribution in [2.45, 2.75) is 37.1 Å². The molecule has 1 fully saturated rings. The lowest BCUT2D eigenvalue weighted by atomic mass is 9.87. The van der Waals surface area contributed by atoms with Gasteiger partial charge in [0.15, 0.2) is 0 Å². The Morgan fingerprint density at radius 2 is 1.65 bits per heavy atom. The van der Waals surface area contributed by atoms with Crippen LogP contribution in [-0.2, 0) is 10.0 Å². The molecule has 5 rings (SSSR count). The minimum atomic E-state index is -3.57. The second kappa shape index (κ2) is 7.50. The molecule has 2 aliphatic rings. The summed E-state index contributed by atoms with van der Waals surface area (Å²) < 4.78 is 34.4. The van der Waals surface area contributed by atoms with Crippen LogP contribution in [0.4, 0.5) is 0 Å². The first-order valence-electron chi connectivity index (χ1n) is 10.8. The molecule has 3 aromatic rings. The predicted octanol–water partition coefficient (Wildman–Crippen LogP) is 5.54. The van der Waals surface area contributed by atoms with Gasteiger partial charge in [0.05, 0.1) is 18.0 Å². The zero-order chi connectivity index (χ0) is 21.8. The average molecular weight is 434 g/mol. The first kappa shape index (κ1) is 20.3. The number of ether oxygens (including phenoxy) is 1. The van der Waals surface area contributed by atoms with Gasteiger partial charge in [0, 0.05) is 6.54 Å². The molecule has 4 nitrogen and oxygen atoms in total. The van der Waals surface area contributed by atoms with Gasteiger partial charge in [0.2, 0.25) is 10.0 Å². The zero-order valence-electron chi connectivity index (χ0n) is 18.1. The molecule has 0 saturated carbocycles. The first-order valence-corrected chi connectivity index (χ1v) is 12.2. The summed E-state index contributed by atoms with van der Waals surface area (Å²) in [5.41, 5.74) is 5.46. The van der Waals surface area contributed by atoms with Gasteiger partial charge in [-0.05, 0) is 77.3 Å².